The third kappa shape index (κ3) is 2.80. The van der Waals surface area contributed by atoms with Crippen LogP contribution < -0.4 is 5.32 Å². The first-order chi connectivity index (χ1) is 7.65. The molecule has 1 heterocycles. The quantitative estimate of drug-likeness (QED) is 0.904. The molecular weight excluding hydrogens is 288 g/mol. The number of benzene rings is 1. The van der Waals surface area contributed by atoms with Crippen molar-refractivity contribution < 1.29 is 0 Å². The summed E-state index contributed by atoms with van der Waals surface area (Å²) in [5, 5.41) is 4.07. The molecule has 2 rings (SSSR count). The van der Waals surface area contributed by atoms with E-state index < -0.39 is 0 Å². The number of rotatable bonds is 3. The van der Waals surface area contributed by atoms with Crippen LogP contribution in [-0.4, -0.2) is 4.57 Å². The van der Waals surface area contributed by atoms with Crippen molar-refractivity contribution in [2.75, 3.05) is 5.32 Å². The molecule has 0 atom stereocenters. The molecule has 0 spiro atoms. The highest BCUT2D eigenvalue weighted by Crippen LogP contribution is 2.25. The van der Waals surface area contributed by atoms with Gasteiger partial charge in [0.15, 0.2) is 0 Å². The Hall–Kier alpha value is -0.930. The Morgan fingerprint density at radius 3 is 2.81 bits per heavy atom. The first-order valence-corrected chi connectivity index (χ1v) is 6.12. The Balaban J connectivity index is 2.02. The van der Waals surface area contributed by atoms with Gasteiger partial charge in [0.2, 0.25) is 0 Å². The van der Waals surface area contributed by atoms with Gasteiger partial charge in [0.05, 0.1) is 5.02 Å². The van der Waals surface area contributed by atoms with Crippen molar-refractivity contribution in [3.05, 3.63) is 51.7 Å². The maximum absolute atomic E-state index is 5.92. The van der Waals surface area contributed by atoms with Crippen LogP contribution in [0.5, 0.6) is 0 Å². The van der Waals surface area contributed by atoms with Gasteiger partial charge in [-0.2, -0.15) is 0 Å². The predicted octanol–water partition coefficient (Wildman–Crippen LogP) is 4.05. The second-order valence-electron chi connectivity index (χ2n) is 3.67. The highest BCUT2D eigenvalue weighted by atomic mass is 79.9. The van der Waals surface area contributed by atoms with E-state index in [1.807, 2.05) is 36.0 Å². The standard InChI is InChI=1S/C12H12BrClN2/c1-16-5-4-9(8-16)7-15-10-2-3-12(14)11(13)6-10/h2-6,8,15H,7H2,1H3. The zero-order valence-corrected chi connectivity index (χ0v) is 11.2. The fourth-order valence-corrected chi connectivity index (χ4v) is 1.97. The monoisotopic (exact) mass is 298 g/mol. The molecule has 1 aromatic heterocycles. The van der Waals surface area contributed by atoms with Gasteiger partial charge in [-0.1, -0.05) is 11.6 Å². The van der Waals surface area contributed by atoms with Gasteiger partial charge in [-0.25, -0.2) is 0 Å². The number of hydrogen-bond acceptors (Lipinski definition) is 1. The molecule has 0 radical (unpaired) electrons. The summed E-state index contributed by atoms with van der Waals surface area (Å²) < 4.78 is 2.95. The predicted molar refractivity (Wildman–Crippen MR) is 71.9 cm³/mol. The first-order valence-electron chi connectivity index (χ1n) is 4.95. The maximum atomic E-state index is 5.92. The Kier molecular flexibility index (Phi) is 3.56. The lowest BCUT2D eigenvalue weighted by atomic mass is 10.3. The average Bonchev–Trinajstić information content (AvgIpc) is 2.66. The van der Waals surface area contributed by atoms with Gasteiger partial charge in [0, 0.05) is 36.1 Å². The molecule has 1 N–H and O–H groups in total. The van der Waals surface area contributed by atoms with Gasteiger partial charge in [0.1, 0.15) is 0 Å². The minimum absolute atomic E-state index is 0.727. The first kappa shape index (κ1) is 11.6. The zero-order valence-electron chi connectivity index (χ0n) is 8.87. The number of aromatic nitrogens is 1. The fourth-order valence-electron chi connectivity index (χ4n) is 1.48. The number of hydrogen-bond donors (Lipinski definition) is 1. The minimum Gasteiger partial charge on any atom is -0.381 e. The van der Waals surface area contributed by atoms with E-state index in [0.717, 1.165) is 21.7 Å². The molecule has 2 nitrogen and oxygen atoms in total. The van der Waals surface area contributed by atoms with E-state index in [4.69, 9.17) is 11.6 Å². The van der Waals surface area contributed by atoms with Crippen LogP contribution in [0.2, 0.25) is 5.02 Å². The molecule has 1 aromatic carbocycles. The number of nitrogens with zero attached hydrogens (tertiary/aromatic N) is 1. The Labute approximate surface area is 108 Å². The molecule has 0 bridgehead atoms. The third-order valence-corrected chi connectivity index (χ3v) is 3.52. The smallest absolute Gasteiger partial charge is 0.0549 e. The van der Waals surface area contributed by atoms with Crippen LogP contribution in [0.25, 0.3) is 0 Å². The van der Waals surface area contributed by atoms with Crippen molar-refractivity contribution in [3.63, 3.8) is 0 Å². The molecule has 0 aliphatic rings. The molecule has 0 amide bonds. The van der Waals surface area contributed by atoms with E-state index in [1.54, 1.807) is 0 Å². The van der Waals surface area contributed by atoms with Crippen LogP contribution in [0.1, 0.15) is 5.56 Å². The summed E-state index contributed by atoms with van der Waals surface area (Å²) in [4.78, 5) is 0. The Morgan fingerprint density at radius 2 is 2.19 bits per heavy atom. The molecule has 0 aliphatic carbocycles. The van der Waals surface area contributed by atoms with E-state index in [1.165, 1.54) is 5.56 Å². The van der Waals surface area contributed by atoms with E-state index in [0.29, 0.717) is 0 Å². The van der Waals surface area contributed by atoms with Crippen molar-refractivity contribution in [2.45, 2.75) is 6.54 Å². The second kappa shape index (κ2) is 4.93. The molecule has 0 unspecified atom stereocenters. The number of anilines is 1. The van der Waals surface area contributed by atoms with Crippen molar-refractivity contribution in [2.24, 2.45) is 7.05 Å². The Morgan fingerprint density at radius 1 is 1.38 bits per heavy atom. The summed E-state index contributed by atoms with van der Waals surface area (Å²) in [5.74, 6) is 0. The highest BCUT2D eigenvalue weighted by Gasteiger charge is 1.99. The molecule has 16 heavy (non-hydrogen) atoms. The molecule has 0 aliphatic heterocycles. The van der Waals surface area contributed by atoms with E-state index in [-0.39, 0.29) is 0 Å². The number of nitrogens with one attached hydrogen (secondary N) is 1. The molecule has 84 valence electrons. The van der Waals surface area contributed by atoms with E-state index in [9.17, 15) is 0 Å². The van der Waals surface area contributed by atoms with Gasteiger partial charge in [-0.3, -0.25) is 0 Å². The van der Waals surface area contributed by atoms with Gasteiger partial charge >= 0.3 is 0 Å². The average molecular weight is 300 g/mol. The van der Waals surface area contributed by atoms with Crippen molar-refractivity contribution in [3.8, 4) is 0 Å². The molecule has 0 saturated carbocycles. The van der Waals surface area contributed by atoms with E-state index in [2.05, 4.69) is 33.5 Å². The van der Waals surface area contributed by atoms with Gasteiger partial charge in [-0.15, -0.1) is 0 Å². The Bertz CT molecular complexity index is 494. The molecule has 0 saturated heterocycles. The molecule has 2 aromatic rings. The van der Waals surface area contributed by atoms with E-state index >= 15 is 0 Å². The van der Waals surface area contributed by atoms with Gasteiger partial charge in [-0.05, 0) is 45.8 Å². The molecular formula is C12H12BrClN2. The van der Waals surface area contributed by atoms with Gasteiger partial charge in [0.25, 0.3) is 0 Å². The van der Waals surface area contributed by atoms with Crippen LogP contribution in [-0.2, 0) is 13.6 Å². The highest BCUT2D eigenvalue weighted by molar-refractivity contribution is 9.10. The van der Waals surface area contributed by atoms with Crippen LogP contribution in [0, 0.1) is 0 Å². The van der Waals surface area contributed by atoms with Crippen molar-refractivity contribution in [1.29, 1.82) is 0 Å². The summed E-state index contributed by atoms with van der Waals surface area (Å²) in [6, 6.07) is 7.91. The topological polar surface area (TPSA) is 17.0 Å². The molecule has 4 heteroatoms. The normalized spacial score (nSPS) is 10.4. The lowest BCUT2D eigenvalue weighted by Crippen LogP contribution is -1.98. The van der Waals surface area contributed by atoms with Gasteiger partial charge < -0.3 is 9.88 Å². The maximum Gasteiger partial charge on any atom is 0.0549 e. The van der Waals surface area contributed by atoms with Crippen LogP contribution >= 0.6 is 27.5 Å². The summed E-state index contributed by atoms with van der Waals surface area (Å²) in [6.45, 7) is 0.814. The van der Waals surface area contributed by atoms with Crippen molar-refractivity contribution >= 4 is 33.2 Å². The summed E-state index contributed by atoms with van der Waals surface area (Å²) in [5.41, 5.74) is 2.31. The lowest BCUT2D eigenvalue weighted by Gasteiger charge is -2.06. The zero-order chi connectivity index (χ0) is 11.5. The largest absolute Gasteiger partial charge is 0.381 e. The minimum atomic E-state index is 0.727. The third-order valence-electron chi connectivity index (χ3n) is 2.31. The summed E-state index contributed by atoms with van der Waals surface area (Å²) in [6.07, 6.45) is 4.13. The lowest BCUT2D eigenvalue weighted by molar-refractivity contribution is 0.920. The molecule has 0 fully saturated rings. The number of aryl methyl sites for hydroxylation is 1. The van der Waals surface area contributed by atoms with Crippen LogP contribution in [0.4, 0.5) is 5.69 Å². The SMILES string of the molecule is Cn1ccc(CNc2ccc(Cl)c(Br)c2)c1. The van der Waals surface area contributed by atoms with Crippen LogP contribution in [0.3, 0.4) is 0 Å². The second-order valence-corrected chi connectivity index (χ2v) is 4.93. The van der Waals surface area contributed by atoms with Crippen molar-refractivity contribution in [1.82, 2.24) is 4.57 Å². The number of halogens is 2. The van der Waals surface area contributed by atoms with Crippen LogP contribution in [0.15, 0.2) is 41.1 Å². The summed E-state index contributed by atoms with van der Waals surface area (Å²) in [7, 11) is 2.02. The summed E-state index contributed by atoms with van der Waals surface area (Å²) >= 11 is 9.32. The fraction of sp³-hybridized carbons (Fsp3) is 0.167.